The lowest BCUT2D eigenvalue weighted by atomic mass is 10.0. The monoisotopic (exact) mass is 313 g/mol. The van der Waals surface area contributed by atoms with Gasteiger partial charge in [0.15, 0.2) is 0 Å². The van der Waals surface area contributed by atoms with Gasteiger partial charge in [-0.2, -0.15) is 0 Å². The van der Waals surface area contributed by atoms with Gasteiger partial charge >= 0.3 is 5.97 Å². The maximum atomic E-state index is 13.4. The van der Waals surface area contributed by atoms with Gasteiger partial charge in [0.1, 0.15) is 11.4 Å². The quantitative estimate of drug-likeness (QED) is 0.276. The van der Waals surface area contributed by atoms with Crippen LogP contribution in [0.15, 0.2) is 23.9 Å². The van der Waals surface area contributed by atoms with E-state index >= 15 is 0 Å². The van der Waals surface area contributed by atoms with Crippen LogP contribution in [-0.4, -0.2) is 37.4 Å². The molecule has 0 amide bonds. The highest BCUT2D eigenvalue weighted by atomic mass is 35.5. The number of nitrogens with zero attached hydrogens (tertiary/aromatic N) is 1. The molecule has 0 aliphatic carbocycles. The SMILES string of the molecule is CCOC(=O)C(=CN(C)C)C(=O)c1ccc(F)c(C)c1Cl. The van der Waals surface area contributed by atoms with E-state index in [1.807, 2.05) is 0 Å². The number of benzene rings is 1. The summed E-state index contributed by atoms with van der Waals surface area (Å²) in [6.07, 6.45) is 1.36. The number of carbonyl (C=O) groups is 2. The Balaban J connectivity index is 3.30. The molecule has 0 radical (unpaired) electrons. The average Bonchev–Trinajstić information content (AvgIpc) is 2.41. The Morgan fingerprint density at radius 1 is 1.38 bits per heavy atom. The lowest BCUT2D eigenvalue weighted by molar-refractivity contribution is -0.138. The van der Waals surface area contributed by atoms with Crippen molar-refractivity contribution in [1.29, 1.82) is 0 Å². The molecule has 4 nitrogen and oxygen atoms in total. The molecule has 0 spiro atoms. The first kappa shape index (κ1) is 17.2. The molecule has 0 bridgehead atoms. The summed E-state index contributed by atoms with van der Waals surface area (Å²) in [5.41, 5.74) is 0.0713. The summed E-state index contributed by atoms with van der Waals surface area (Å²) in [6.45, 7) is 3.26. The molecule has 21 heavy (non-hydrogen) atoms. The van der Waals surface area contributed by atoms with Gasteiger partial charge in [0.25, 0.3) is 0 Å². The van der Waals surface area contributed by atoms with Crippen LogP contribution in [0.5, 0.6) is 0 Å². The number of hydrogen-bond acceptors (Lipinski definition) is 4. The van der Waals surface area contributed by atoms with Crippen LogP contribution in [0.4, 0.5) is 4.39 Å². The van der Waals surface area contributed by atoms with Gasteiger partial charge in [-0.25, -0.2) is 9.18 Å². The van der Waals surface area contributed by atoms with E-state index in [1.54, 1.807) is 25.9 Å². The van der Waals surface area contributed by atoms with E-state index in [0.29, 0.717) is 0 Å². The van der Waals surface area contributed by atoms with Crippen molar-refractivity contribution in [2.24, 2.45) is 0 Å². The summed E-state index contributed by atoms with van der Waals surface area (Å²) >= 11 is 6.00. The highest BCUT2D eigenvalue weighted by Gasteiger charge is 2.24. The summed E-state index contributed by atoms with van der Waals surface area (Å²) in [5, 5.41) is -0.00560. The van der Waals surface area contributed by atoms with Gasteiger partial charge in [-0.15, -0.1) is 0 Å². The molecule has 0 atom stereocenters. The number of esters is 1. The van der Waals surface area contributed by atoms with Gasteiger partial charge in [-0.05, 0) is 26.0 Å². The molecule has 1 aromatic carbocycles. The summed E-state index contributed by atoms with van der Waals surface area (Å²) in [5.74, 6) is -1.85. The van der Waals surface area contributed by atoms with E-state index < -0.39 is 17.6 Å². The number of rotatable bonds is 5. The summed E-state index contributed by atoms with van der Waals surface area (Å²) in [4.78, 5) is 25.9. The Morgan fingerprint density at radius 2 is 2.00 bits per heavy atom. The first-order valence-electron chi connectivity index (χ1n) is 6.34. The molecule has 0 saturated heterocycles. The van der Waals surface area contributed by atoms with Crippen molar-refractivity contribution in [3.05, 3.63) is 45.9 Å². The third kappa shape index (κ3) is 4.04. The number of carbonyl (C=O) groups excluding carboxylic acids is 2. The number of halogens is 2. The third-order valence-electron chi connectivity index (χ3n) is 2.69. The highest BCUT2D eigenvalue weighted by Crippen LogP contribution is 2.25. The Kier molecular flexibility index (Phi) is 5.90. The van der Waals surface area contributed by atoms with Gasteiger partial charge in [-0.1, -0.05) is 11.6 Å². The maximum absolute atomic E-state index is 13.4. The van der Waals surface area contributed by atoms with Crippen LogP contribution >= 0.6 is 11.6 Å². The van der Waals surface area contributed by atoms with E-state index in [9.17, 15) is 14.0 Å². The highest BCUT2D eigenvalue weighted by molar-refractivity contribution is 6.37. The van der Waals surface area contributed by atoms with Crippen LogP contribution in [0.25, 0.3) is 0 Å². The molecule has 0 heterocycles. The largest absolute Gasteiger partial charge is 0.462 e. The van der Waals surface area contributed by atoms with Gasteiger partial charge in [-0.3, -0.25) is 4.79 Å². The number of ether oxygens (including phenoxy) is 1. The van der Waals surface area contributed by atoms with Crippen molar-refractivity contribution < 1.29 is 18.7 Å². The molecule has 6 heteroatoms. The van der Waals surface area contributed by atoms with Crippen molar-refractivity contribution in [3.63, 3.8) is 0 Å². The number of hydrogen-bond donors (Lipinski definition) is 0. The maximum Gasteiger partial charge on any atom is 0.343 e. The van der Waals surface area contributed by atoms with Crippen LogP contribution in [0.2, 0.25) is 5.02 Å². The van der Waals surface area contributed by atoms with Crippen LogP contribution < -0.4 is 0 Å². The fourth-order valence-electron chi connectivity index (χ4n) is 1.65. The molecule has 1 aromatic rings. The minimum atomic E-state index is -0.741. The van der Waals surface area contributed by atoms with Crippen molar-refractivity contribution in [3.8, 4) is 0 Å². The molecule has 0 aliphatic rings. The summed E-state index contributed by atoms with van der Waals surface area (Å²) in [7, 11) is 3.34. The fourth-order valence-corrected chi connectivity index (χ4v) is 1.89. The van der Waals surface area contributed by atoms with Gasteiger partial charge < -0.3 is 9.64 Å². The first-order valence-corrected chi connectivity index (χ1v) is 6.72. The molecular formula is C15H17ClFNO3. The minimum absolute atomic E-state index is 0.00560. The molecule has 0 aliphatic heterocycles. The molecule has 0 aromatic heterocycles. The predicted octanol–water partition coefficient (Wildman–Crippen LogP) is 2.98. The minimum Gasteiger partial charge on any atom is -0.462 e. The zero-order chi connectivity index (χ0) is 16.2. The van der Waals surface area contributed by atoms with E-state index in [0.717, 1.165) is 6.07 Å². The third-order valence-corrected chi connectivity index (χ3v) is 3.18. The van der Waals surface area contributed by atoms with E-state index in [2.05, 4.69) is 0 Å². The zero-order valence-electron chi connectivity index (χ0n) is 12.4. The lowest BCUT2D eigenvalue weighted by Crippen LogP contribution is -2.20. The second-order valence-corrected chi connectivity index (χ2v) is 4.97. The van der Waals surface area contributed by atoms with Crippen LogP contribution in [0, 0.1) is 12.7 Å². The second-order valence-electron chi connectivity index (χ2n) is 4.59. The van der Waals surface area contributed by atoms with Gasteiger partial charge in [0.05, 0.1) is 11.6 Å². The van der Waals surface area contributed by atoms with Crippen molar-refractivity contribution in [1.82, 2.24) is 4.90 Å². The number of ketones is 1. The van der Waals surface area contributed by atoms with Gasteiger partial charge in [0.2, 0.25) is 5.78 Å². The van der Waals surface area contributed by atoms with E-state index in [4.69, 9.17) is 16.3 Å². The normalized spacial score (nSPS) is 11.2. The van der Waals surface area contributed by atoms with Crippen LogP contribution in [0.3, 0.4) is 0 Å². The molecule has 0 unspecified atom stereocenters. The summed E-state index contributed by atoms with van der Waals surface area (Å²) in [6, 6.07) is 2.41. The molecule has 0 N–H and O–H groups in total. The zero-order valence-corrected chi connectivity index (χ0v) is 13.1. The fraction of sp³-hybridized carbons (Fsp3) is 0.333. The Bertz CT molecular complexity index is 597. The number of Topliss-reactive ketones (excluding diaryl/α,β-unsaturated/α-hetero) is 1. The standard InChI is InChI=1S/C15H17ClFNO3/c1-5-21-15(20)11(8-18(3)4)14(19)10-6-7-12(17)9(2)13(10)16/h6-8H,5H2,1-4H3. The Morgan fingerprint density at radius 3 is 2.52 bits per heavy atom. The average molecular weight is 314 g/mol. The Labute approximate surface area is 128 Å². The van der Waals surface area contributed by atoms with Crippen LogP contribution in [-0.2, 0) is 9.53 Å². The topological polar surface area (TPSA) is 46.6 Å². The predicted molar refractivity (Wildman–Crippen MR) is 78.9 cm³/mol. The van der Waals surface area contributed by atoms with E-state index in [1.165, 1.54) is 19.2 Å². The molecule has 0 saturated carbocycles. The lowest BCUT2D eigenvalue weighted by Gasteiger charge is -2.12. The van der Waals surface area contributed by atoms with E-state index in [-0.39, 0.29) is 28.3 Å². The van der Waals surface area contributed by atoms with Crippen molar-refractivity contribution >= 4 is 23.4 Å². The van der Waals surface area contributed by atoms with Crippen molar-refractivity contribution in [2.75, 3.05) is 20.7 Å². The summed E-state index contributed by atoms with van der Waals surface area (Å²) < 4.78 is 18.3. The molecule has 0 fully saturated rings. The first-order chi connectivity index (χ1) is 9.79. The smallest absolute Gasteiger partial charge is 0.343 e. The second kappa shape index (κ2) is 7.22. The Hall–Kier alpha value is -1.88. The van der Waals surface area contributed by atoms with Gasteiger partial charge in [0, 0.05) is 31.4 Å². The molecule has 114 valence electrons. The van der Waals surface area contributed by atoms with Crippen LogP contribution in [0.1, 0.15) is 22.8 Å². The molecule has 1 rings (SSSR count). The van der Waals surface area contributed by atoms with Crippen molar-refractivity contribution in [2.45, 2.75) is 13.8 Å². The molecular weight excluding hydrogens is 297 g/mol.